The molecule has 1 aromatic heterocycles. The van der Waals surface area contributed by atoms with Gasteiger partial charge < -0.3 is 9.30 Å². The number of benzene rings is 1. The molecule has 118 valence electrons. The van der Waals surface area contributed by atoms with Gasteiger partial charge in [-0.2, -0.15) is 4.99 Å². The molecule has 22 heavy (non-hydrogen) atoms. The van der Waals surface area contributed by atoms with Crippen LogP contribution in [0.15, 0.2) is 23.2 Å². The summed E-state index contributed by atoms with van der Waals surface area (Å²) in [5.41, 5.74) is 2.14. The van der Waals surface area contributed by atoms with E-state index in [2.05, 4.69) is 11.1 Å². The molecule has 2 rings (SSSR count). The van der Waals surface area contributed by atoms with Crippen molar-refractivity contribution in [2.75, 3.05) is 6.61 Å². The largest absolute Gasteiger partial charge is 0.466 e. The van der Waals surface area contributed by atoms with Gasteiger partial charge in [0.15, 0.2) is 4.80 Å². The maximum atomic E-state index is 11.7. The predicted molar refractivity (Wildman–Crippen MR) is 86.7 cm³/mol. The molecule has 1 heterocycles. The molecule has 0 saturated carbocycles. The predicted octanol–water partition coefficient (Wildman–Crippen LogP) is 2.80. The molecule has 0 saturated heterocycles. The summed E-state index contributed by atoms with van der Waals surface area (Å²) in [6, 6.07) is 6.08. The standard InChI is InChI=1S/C16H20N2O3S/c1-4-14(19)17-16-18(9-8-15(20)21-5-2)12-7-6-11(3)10-13(12)22-16/h6-7,10H,4-5,8-9H2,1-3H3. The molecule has 0 N–H and O–H groups in total. The first-order valence-electron chi connectivity index (χ1n) is 7.38. The molecule has 0 aliphatic heterocycles. The number of carbonyl (C=O) groups is 2. The molecule has 1 aromatic carbocycles. The van der Waals surface area contributed by atoms with Crippen molar-refractivity contribution in [1.29, 1.82) is 0 Å². The molecule has 0 aliphatic carbocycles. The highest BCUT2D eigenvalue weighted by Crippen LogP contribution is 2.19. The third-order valence-corrected chi connectivity index (χ3v) is 4.25. The van der Waals surface area contributed by atoms with Crippen LogP contribution >= 0.6 is 11.3 Å². The minimum atomic E-state index is -0.241. The highest BCUT2D eigenvalue weighted by molar-refractivity contribution is 7.16. The van der Waals surface area contributed by atoms with Crippen LogP contribution in [0, 0.1) is 6.92 Å². The molecule has 0 unspecified atom stereocenters. The monoisotopic (exact) mass is 320 g/mol. The van der Waals surface area contributed by atoms with Crippen LogP contribution in [0.5, 0.6) is 0 Å². The summed E-state index contributed by atoms with van der Waals surface area (Å²) in [6.45, 7) is 6.42. The van der Waals surface area contributed by atoms with Crippen molar-refractivity contribution in [3.63, 3.8) is 0 Å². The summed E-state index contributed by atoms with van der Waals surface area (Å²) in [7, 11) is 0. The average molecular weight is 320 g/mol. The Balaban J connectivity index is 2.44. The van der Waals surface area contributed by atoms with Crippen LogP contribution in [0.2, 0.25) is 0 Å². The first-order valence-corrected chi connectivity index (χ1v) is 8.20. The minimum absolute atomic E-state index is 0.159. The van der Waals surface area contributed by atoms with E-state index in [1.165, 1.54) is 11.3 Å². The Hall–Kier alpha value is -1.95. The van der Waals surface area contributed by atoms with Gasteiger partial charge in [0.1, 0.15) is 0 Å². The zero-order chi connectivity index (χ0) is 16.1. The number of esters is 1. The summed E-state index contributed by atoms with van der Waals surface area (Å²) in [5.74, 6) is -0.401. The molecule has 0 bridgehead atoms. The lowest BCUT2D eigenvalue weighted by molar-refractivity contribution is -0.143. The van der Waals surface area contributed by atoms with Gasteiger partial charge in [-0.25, -0.2) is 0 Å². The first kappa shape index (κ1) is 16.4. The van der Waals surface area contributed by atoms with Crippen LogP contribution in [0.1, 0.15) is 32.3 Å². The quantitative estimate of drug-likeness (QED) is 0.796. The first-order chi connectivity index (χ1) is 10.5. The molecule has 0 atom stereocenters. The van der Waals surface area contributed by atoms with E-state index in [9.17, 15) is 9.59 Å². The second-order valence-electron chi connectivity index (χ2n) is 4.92. The van der Waals surface area contributed by atoms with E-state index in [0.29, 0.717) is 24.4 Å². The van der Waals surface area contributed by atoms with Crippen LogP contribution in [0.4, 0.5) is 0 Å². The Kier molecular flexibility index (Phi) is 5.49. The summed E-state index contributed by atoms with van der Waals surface area (Å²) in [5, 5.41) is 0. The molecule has 2 aromatic rings. The zero-order valence-electron chi connectivity index (χ0n) is 13.1. The molecule has 5 nitrogen and oxygen atoms in total. The van der Waals surface area contributed by atoms with Crippen molar-refractivity contribution in [1.82, 2.24) is 4.57 Å². The number of ether oxygens (including phenoxy) is 1. The molecule has 0 aliphatic rings. The van der Waals surface area contributed by atoms with Gasteiger partial charge in [-0.3, -0.25) is 9.59 Å². The number of aryl methyl sites for hydroxylation is 2. The third-order valence-electron chi connectivity index (χ3n) is 3.21. The lowest BCUT2D eigenvalue weighted by atomic mass is 10.2. The number of fused-ring (bicyclic) bond motifs is 1. The normalized spacial score (nSPS) is 11.9. The molecular formula is C16H20N2O3S. The number of thiazole rings is 1. The van der Waals surface area contributed by atoms with E-state index in [4.69, 9.17) is 4.74 Å². The van der Waals surface area contributed by atoms with Gasteiger partial charge in [-0.15, -0.1) is 0 Å². The van der Waals surface area contributed by atoms with Crippen molar-refractivity contribution >= 4 is 33.4 Å². The fraction of sp³-hybridized carbons (Fsp3) is 0.438. The van der Waals surface area contributed by atoms with E-state index >= 15 is 0 Å². The minimum Gasteiger partial charge on any atom is -0.466 e. The summed E-state index contributed by atoms with van der Waals surface area (Å²) in [6.07, 6.45) is 0.631. The Morgan fingerprint density at radius 3 is 2.77 bits per heavy atom. The van der Waals surface area contributed by atoms with Gasteiger partial charge >= 0.3 is 5.97 Å². The molecular weight excluding hydrogens is 300 g/mol. The maximum Gasteiger partial charge on any atom is 0.307 e. The third kappa shape index (κ3) is 3.82. The van der Waals surface area contributed by atoms with Crippen LogP contribution in [0.3, 0.4) is 0 Å². The summed E-state index contributed by atoms with van der Waals surface area (Å²) >= 11 is 1.47. The fourth-order valence-corrected chi connectivity index (χ4v) is 3.28. The van der Waals surface area contributed by atoms with Gasteiger partial charge in [0.25, 0.3) is 0 Å². The molecule has 0 radical (unpaired) electrons. The smallest absolute Gasteiger partial charge is 0.307 e. The van der Waals surface area contributed by atoms with Crippen molar-refractivity contribution in [3.05, 3.63) is 28.6 Å². The van der Waals surface area contributed by atoms with Crippen LogP contribution in [-0.4, -0.2) is 23.1 Å². The van der Waals surface area contributed by atoms with E-state index < -0.39 is 0 Å². The van der Waals surface area contributed by atoms with Crippen molar-refractivity contribution < 1.29 is 14.3 Å². The topological polar surface area (TPSA) is 60.7 Å². The van der Waals surface area contributed by atoms with Gasteiger partial charge in [0.2, 0.25) is 5.91 Å². The Morgan fingerprint density at radius 1 is 1.32 bits per heavy atom. The summed E-state index contributed by atoms with van der Waals surface area (Å²) < 4.78 is 7.95. The number of aromatic nitrogens is 1. The number of nitrogens with zero attached hydrogens (tertiary/aromatic N) is 2. The van der Waals surface area contributed by atoms with Gasteiger partial charge in [-0.1, -0.05) is 24.3 Å². The highest BCUT2D eigenvalue weighted by atomic mass is 32.1. The maximum absolute atomic E-state index is 11.7. The molecule has 6 heteroatoms. The molecule has 1 amide bonds. The number of amides is 1. The van der Waals surface area contributed by atoms with Crippen molar-refractivity contribution in [2.45, 2.75) is 40.2 Å². The number of carbonyl (C=O) groups excluding carboxylic acids is 2. The Bertz CT molecular complexity index is 758. The van der Waals surface area contributed by atoms with E-state index in [-0.39, 0.29) is 18.3 Å². The van der Waals surface area contributed by atoms with E-state index in [0.717, 1.165) is 15.8 Å². The molecule has 0 spiro atoms. The number of hydrogen-bond acceptors (Lipinski definition) is 4. The lowest BCUT2D eigenvalue weighted by Gasteiger charge is -2.05. The Labute approximate surface area is 133 Å². The molecule has 0 fully saturated rings. The van der Waals surface area contributed by atoms with Crippen LogP contribution in [-0.2, 0) is 20.9 Å². The van der Waals surface area contributed by atoms with Gasteiger partial charge in [0, 0.05) is 13.0 Å². The second kappa shape index (κ2) is 7.35. The SMILES string of the molecule is CCOC(=O)CCn1c(=NC(=O)CC)sc2cc(C)ccc21. The second-order valence-corrected chi connectivity index (χ2v) is 5.93. The zero-order valence-corrected chi connectivity index (χ0v) is 13.9. The van der Waals surface area contributed by atoms with Gasteiger partial charge in [-0.05, 0) is 31.5 Å². The lowest BCUT2D eigenvalue weighted by Crippen LogP contribution is -2.19. The Morgan fingerprint density at radius 2 is 2.09 bits per heavy atom. The number of rotatable bonds is 5. The fourth-order valence-electron chi connectivity index (χ4n) is 2.10. The van der Waals surface area contributed by atoms with E-state index in [1.807, 2.05) is 23.6 Å². The highest BCUT2D eigenvalue weighted by Gasteiger charge is 2.10. The van der Waals surface area contributed by atoms with Crippen LogP contribution in [0.25, 0.3) is 10.2 Å². The van der Waals surface area contributed by atoms with Crippen molar-refractivity contribution in [3.8, 4) is 0 Å². The summed E-state index contributed by atoms with van der Waals surface area (Å²) in [4.78, 5) is 28.0. The van der Waals surface area contributed by atoms with Gasteiger partial charge in [0.05, 0.1) is 23.2 Å². The van der Waals surface area contributed by atoms with Crippen LogP contribution < -0.4 is 4.80 Å². The van der Waals surface area contributed by atoms with Crippen molar-refractivity contribution in [2.24, 2.45) is 4.99 Å². The average Bonchev–Trinajstić information content (AvgIpc) is 2.81. The number of hydrogen-bond donors (Lipinski definition) is 0. The van der Waals surface area contributed by atoms with E-state index in [1.54, 1.807) is 13.8 Å².